The van der Waals surface area contributed by atoms with Gasteiger partial charge in [-0.25, -0.2) is 12.7 Å². The number of hydrogen-bond acceptors (Lipinski definition) is 2. The van der Waals surface area contributed by atoms with E-state index >= 15 is 0 Å². The third-order valence-electron chi connectivity index (χ3n) is 2.04. The van der Waals surface area contributed by atoms with Crippen LogP contribution in [0.25, 0.3) is 0 Å². The fourth-order valence-corrected chi connectivity index (χ4v) is 2.58. The van der Waals surface area contributed by atoms with E-state index in [-0.39, 0.29) is 5.75 Å². The van der Waals surface area contributed by atoms with Crippen LogP contribution in [0.15, 0.2) is 0 Å². The van der Waals surface area contributed by atoms with E-state index in [1.54, 1.807) is 7.05 Å². The Morgan fingerprint density at radius 2 is 1.86 bits per heavy atom. The highest BCUT2D eigenvalue weighted by atomic mass is 35.5. The second kappa shape index (κ2) is 7.49. The van der Waals surface area contributed by atoms with Crippen LogP contribution in [0.1, 0.15) is 32.6 Å². The molecule has 0 bridgehead atoms. The number of alkyl halides is 1. The Morgan fingerprint density at radius 3 is 2.36 bits per heavy atom. The summed E-state index contributed by atoms with van der Waals surface area (Å²) in [6.07, 6.45) is 3.53. The number of sulfonamides is 1. The second-order valence-corrected chi connectivity index (χ2v) is 5.96. The molecule has 0 spiro atoms. The van der Waals surface area contributed by atoms with Crippen molar-refractivity contribution in [2.75, 3.05) is 25.2 Å². The highest BCUT2D eigenvalue weighted by molar-refractivity contribution is 7.89. The van der Waals surface area contributed by atoms with E-state index in [4.69, 9.17) is 11.6 Å². The van der Waals surface area contributed by atoms with Crippen molar-refractivity contribution in [3.8, 4) is 0 Å². The van der Waals surface area contributed by atoms with E-state index in [1.807, 2.05) is 6.92 Å². The molecule has 14 heavy (non-hydrogen) atoms. The van der Waals surface area contributed by atoms with Crippen molar-refractivity contribution in [1.29, 1.82) is 0 Å². The van der Waals surface area contributed by atoms with Gasteiger partial charge in [0.05, 0.1) is 5.75 Å². The van der Waals surface area contributed by atoms with Crippen LogP contribution < -0.4 is 0 Å². The van der Waals surface area contributed by atoms with Gasteiger partial charge in [-0.2, -0.15) is 0 Å². The maximum atomic E-state index is 11.5. The molecule has 0 aromatic carbocycles. The Kier molecular flexibility index (Phi) is 7.59. The molecule has 0 saturated carbocycles. The molecule has 0 heterocycles. The molecule has 5 heteroatoms. The average molecular weight is 242 g/mol. The van der Waals surface area contributed by atoms with Crippen molar-refractivity contribution in [2.45, 2.75) is 32.6 Å². The largest absolute Gasteiger partial charge is 0.213 e. The van der Waals surface area contributed by atoms with Crippen molar-refractivity contribution in [3.05, 3.63) is 0 Å². The van der Waals surface area contributed by atoms with E-state index < -0.39 is 10.0 Å². The van der Waals surface area contributed by atoms with Crippen LogP contribution in [0, 0.1) is 0 Å². The predicted molar refractivity (Wildman–Crippen MR) is 61.3 cm³/mol. The second-order valence-electron chi connectivity index (χ2n) is 3.39. The summed E-state index contributed by atoms with van der Waals surface area (Å²) in [6.45, 7) is 2.48. The van der Waals surface area contributed by atoms with Crippen molar-refractivity contribution in [3.63, 3.8) is 0 Å². The van der Waals surface area contributed by atoms with Gasteiger partial charge in [0.2, 0.25) is 10.0 Å². The Bertz CT molecular complexity index is 229. The lowest BCUT2D eigenvalue weighted by molar-refractivity contribution is 0.454. The summed E-state index contributed by atoms with van der Waals surface area (Å²) in [7, 11) is -1.35. The lowest BCUT2D eigenvalue weighted by Crippen LogP contribution is -2.29. The van der Waals surface area contributed by atoms with E-state index in [1.165, 1.54) is 4.31 Å². The van der Waals surface area contributed by atoms with E-state index in [0.717, 1.165) is 19.3 Å². The summed E-state index contributed by atoms with van der Waals surface area (Å²) in [5.74, 6) is 0.907. The Morgan fingerprint density at radius 1 is 1.21 bits per heavy atom. The Hall–Kier alpha value is 0.200. The highest BCUT2D eigenvalue weighted by Gasteiger charge is 2.15. The summed E-state index contributed by atoms with van der Waals surface area (Å²) >= 11 is 5.52. The van der Waals surface area contributed by atoms with Crippen LogP contribution in [-0.2, 0) is 10.0 Å². The molecular formula is C9H20ClNO2S. The number of rotatable bonds is 8. The maximum Gasteiger partial charge on any atom is 0.213 e. The van der Waals surface area contributed by atoms with Gasteiger partial charge >= 0.3 is 0 Å². The molecule has 0 aliphatic rings. The maximum absolute atomic E-state index is 11.5. The first kappa shape index (κ1) is 14.2. The number of hydrogen-bond donors (Lipinski definition) is 0. The number of halogens is 1. The normalized spacial score (nSPS) is 12.3. The van der Waals surface area contributed by atoms with Gasteiger partial charge in [-0.05, 0) is 19.3 Å². The van der Waals surface area contributed by atoms with Crippen molar-refractivity contribution >= 4 is 21.6 Å². The zero-order chi connectivity index (χ0) is 11.0. The monoisotopic (exact) mass is 241 g/mol. The molecule has 0 aromatic heterocycles. The van der Waals surface area contributed by atoms with Gasteiger partial charge in [0.15, 0.2) is 0 Å². The molecule has 3 nitrogen and oxygen atoms in total. The molecule has 0 unspecified atom stereocenters. The molecule has 0 aliphatic carbocycles. The van der Waals surface area contributed by atoms with Gasteiger partial charge in [0.1, 0.15) is 0 Å². The summed E-state index contributed by atoms with van der Waals surface area (Å²) in [5, 5.41) is 0. The van der Waals surface area contributed by atoms with Gasteiger partial charge in [0, 0.05) is 19.5 Å². The average Bonchev–Trinajstić information content (AvgIpc) is 2.12. The third kappa shape index (κ3) is 5.83. The lowest BCUT2D eigenvalue weighted by Gasteiger charge is -2.16. The topological polar surface area (TPSA) is 37.4 Å². The fraction of sp³-hybridized carbons (Fsp3) is 1.00. The Balaban J connectivity index is 3.78. The third-order valence-corrected chi connectivity index (χ3v) is 4.37. The molecular weight excluding hydrogens is 222 g/mol. The number of unbranched alkanes of at least 4 members (excludes halogenated alkanes) is 2. The zero-order valence-corrected chi connectivity index (χ0v) is 10.6. The number of nitrogens with zero attached hydrogens (tertiary/aromatic N) is 1. The first-order valence-electron chi connectivity index (χ1n) is 5.04. The summed E-state index contributed by atoms with van der Waals surface area (Å²) in [4.78, 5) is 0. The summed E-state index contributed by atoms with van der Waals surface area (Å²) < 4.78 is 24.4. The molecule has 0 amide bonds. The van der Waals surface area contributed by atoms with Crippen LogP contribution in [-0.4, -0.2) is 37.9 Å². The molecule has 0 fully saturated rings. The van der Waals surface area contributed by atoms with Crippen LogP contribution in [0.2, 0.25) is 0 Å². The predicted octanol–water partition coefficient (Wildman–Crippen LogP) is 2.07. The van der Waals surface area contributed by atoms with Crippen LogP contribution in [0.4, 0.5) is 0 Å². The summed E-state index contributed by atoms with van der Waals surface area (Å²) in [5.41, 5.74) is 0. The molecule has 0 atom stereocenters. The van der Waals surface area contributed by atoms with Crippen LogP contribution >= 0.6 is 11.6 Å². The van der Waals surface area contributed by atoms with Crippen molar-refractivity contribution in [1.82, 2.24) is 4.31 Å². The van der Waals surface area contributed by atoms with E-state index in [9.17, 15) is 8.42 Å². The van der Waals surface area contributed by atoms with Gasteiger partial charge in [-0.15, -0.1) is 11.6 Å². The molecule has 86 valence electrons. The van der Waals surface area contributed by atoms with Crippen molar-refractivity contribution < 1.29 is 8.42 Å². The molecule has 0 saturated heterocycles. The molecule has 0 aliphatic heterocycles. The minimum atomic E-state index is -3.00. The fourth-order valence-electron chi connectivity index (χ4n) is 1.16. The van der Waals surface area contributed by atoms with Gasteiger partial charge in [-0.3, -0.25) is 0 Å². The van der Waals surface area contributed by atoms with Crippen LogP contribution in [0.3, 0.4) is 0 Å². The molecule has 0 rings (SSSR count). The Labute approximate surface area is 92.5 Å². The van der Waals surface area contributed by atoms with Gasteiger partial charge in [-0.1, -0.05) is 13.3 Å². The minimum absolute atomic E-state index is 0.249. The molecule has 0 radical (unpaired) electrons. The first-order chi connectivity index (χ1) is 6.54. The quantitative estimate of drug-likeness (QED) is 0.482. The molecule has 0 aromatic rings. The van der Waals surface area contributed by atoms with Gasteiger partial charge in [0.25, 0.3) is 0 Å². The standard InChI is InChI=1S/C9H20ClNO2S/c1-3-9-14(12,13)11(2)8-6-4-5-7-10/h3-9H2,1-2H3. The smallest absolute Gasteiger partial charge is 0.212 e. The van der Waals surface area contributed by atoms with Crippen LogP contribution in [0.5, 0.6) is 0 Å². The zero-order valence-electron chi connectivity index (χ0n) is 9.00. The lowest BCUT2D eigenvalue weighted by atomic mass is 10.2. The first-order valence-corrected chi connectivity index (χ1v) is 7.19. The highest BCUT2D eigenvalue weighted by Crippen LogP contribution is 2.04. The SMILES string of the molecule is CCCS(=O)(=O)N(C)CCCCCCl. The van der Waals surface area contributed by atoms with Gasteiger partial charge < -0.3 is 0 Å². The summed E-state index contributed by atoms with van der Waals surface area (Å²) in [6, 6.07) is 0. The van der Waals surface area contributed by atoms with E-state index in [0.29, 0.717) is 18.8 Å². The minimum Gasteiger partial charge on any atom is -0.212 e. The van der Waals surface area contributed by atoms with E-state index in [2.05, 4.69) is 0 Å². The van der Waals surface area contributed by atoms with Crippen molar-refractivity contribution in [2.24, 2.45) is 0 Å². The molecule has 0 N–H and O–H groups in total.